The minimum atomic E-state index is -0.125. The largest absolute Gasteiger partial charge is 0.356 e. The number of hydrogen-bond acceptors (Lipinski definition) is 2. The maximum Gasteiger partial charge on any atom is 0.191 e. The highest BCUT2D eigenvalue weighted by Gasteiger charge is 2.40. The lowest BCUT2D eigenvalue weighted by Gasteiger charge is -2.12. The fraction of sp³-hybridized carbons (Fsp3) is 0.333. The van der Waals surface area contributed by atoms with E-state index in [1.807, 2.05) is 30.3 Å². The molecule has 1 aromatic carbocycles. The monoisotopic (exact) mass is 312 g/mol. The van der Waals surface area contributed by atoms with Crippen molar-refractivity contribution >= 4 is 5.96 Å². The van der Waals surface area contributed by atoms with Gasteiger partial charge in [-0.3, -0.25) is 9.98 Å². The van der Waals surface area contributed by atoms with Crippen LogP contribution in [-0.2, 0) is 6.42 Å². The smallest absolute Gasteiger partial charge is 0.191 e. The van der Waals surface area contributed by atoms with E-state index in [4.69, 9.17) is 0 Å². The minimum absolute atomic E-state index is 0.125. The molecule has 1 fully saturated rings. The fourth-order valence-electron chi connectivity index (χ4n) is 2.70. The molecule has 1 aromatic heterocycles. The molecule has 5 heteroatoms. The second kappa shape index (κ2) is 7.22. The van der Waals surface area contributed by atoms with Crippen LogP contribution >= 0.6 is 0 Å². The number of nitrogens with one attached hydrogen (secondary N) is 2. The van der Waals surface area contributed by atoms with Gasteiger partial charge in [0.1, 0.15) is 5.82 Å². The second-order valence-corrected chi connectivity index (χ2v) is 5.68. The number of guanidine groups is 1. The summed E-state index contributed by atoms with van der Waals surface area (Å²) in [4.78, 5) is 8.52. The van der Waals surface area contributed by atoms with E-state index in [-0.39, 0.29) is 17.8 Å². The lowest BCUT2D eigenvalue weighted by atomic mass is 10.1. The van der Waals surface area contributed by atoms with Gasteiger partial charge in [-0.15, -0.1) is 0 Å². The number of rotatable bonds is 5. The van der Waals surface area contributed by atoms with Crippen LogP contribution in [-0.4, -0.2) is 30.6 Å². The van der Waals surface area contributed by atoms with Gasteiger partial charge in [-0.05, 0) is 30.2 Å². The summed E-state index contributed by atoms with van der Waals surface area (Å²) in [7, 11) is 1.75. The summed E-state index contributed by atoms with van der Waals surface area (Å²) < 4.78 is 13.8. The molecule has 1 aliphatic carbocycles. The third-order valence-electron chi connectivity index (χ3n) is 4.04. The summed E-state index contributed by atoms with van der Waals surface area (Å²) in [5.74, 6) is 0.857. The quantitative estimate of drug-likeness (QED) is 0.659. The van der Waals surface area contributed by atoms with Crippen molar-refractivity contribution in [2.75, 3.05) is 13.6 Å². The normalized spacial score (nSPS) is 20.2. The maximum atomic E-state index is 13.8. The van der Waals surface area contributed by atoms with Crippen molar-refractivity contribution in [3.05, 3.63) is 65.7 Å². The third-order valence-corrected chi connectivity index (χ3v) is 4.04. The summed E-state index contributed by atoms with van der Waals surface area (Å²) in [6.07, 6.45) is 3.57. The van der Waals surface area contributed by atoms with Gasteiger partial charge >= 0.3 is 0 Å². The van der Waals surface area contributed by atoms with Gasteiger partial charge < -0.3 is 10.6 Å². The summed E-state index contributed by atoms with van der Waals surface area (Å²) in [5.41, 5.74) is 1.83. The van der Waals surface area contributed by atoms with E-state index in [9.17, 15) is 4.39 Å². The number of hydrogen-bond donors (Lipinski definition) is 2. The van der Waals surface area contributed by atoms with Crippen molar-refractivity contribution in [2.45, 2.75) is 24.8 Å². The molecular weight excluding hydrogens is 291 g/mol. The van der Waals surface area contributed by atoms with Crippen LogP contribution < -0.4 is 10.6 Å². The molecule has 0 aliphatic heterocycles. The Bertz CT molecular complexity index is 672. The van der Waals surface area contributed by atoms with Gasteiger partial charge in [0.05, 0.1) is 0 Å². The van der Waals surface area contributed by atoms with Gasteiger partial charge in [0, 0.05) is 43.9 Å². The molecule has 1 aliphatic rings. The Hall–Kier alpha value is -2.43. The average Bonchev–Trinajstić information content (AvgIpc) is 3.34. The molecule has 0 bridgehead atoms. The SMILES string of the molecule is CN=C(NCCc1ccccn1)NC1CC1c1ccccc1F. The van der Waals surface area contributed by atoms with Crippen molar-refractivity contribution < 1.29 is 4.39 Å². The van der Waals surface area contributed by atoms with E-state index in [1.54, 1.807) is 19.3 Å². The highest BCUT2D eigenvalue weighted by atomic mass is 19.1. The number of halogens is 1. The number of aromatic nitrogens is 1. The number of benzene rings is 1. The van der Waals surface area contributed by atoms with Crippen LogP contribution in [0.3, 0.4) is 0 Å². The number of aliphatic imine (C=N–C) groups is 1. The first-order chi connectivity index (χ1) is 11.3. The van der Waals surface area contributed by atoms with Crippen LogP contribution in [0.4, 0.5) is 4.39 Å². The van der Waals surface area contributed by atoms with Crippen molar-refractivity contribution in [1.82, 2.24) is 15.6 Å². The zero-order valence-corrected chi connectivity index (χ0v) is 13.2. The Labute approximate surface area is 135 Å². The Balaban J connectivity index is 1.47. The van der Waals surface area contributed by atoms with E-state index in [0.29, 0.717) is 0 Å². The zero-order chi connectivity index (χ0) is 16.1. The molecule has 1 heterocycles. The first-order valence-electron chi connectivity index (χ1n) is 7.89. The van der Waals surface area contributed by atoms with E-state index in [2.05, 4.69) is 20.6 Å². The lowest BCUT2D eigenvalue weighted by molar-refractivity contribution is 0.607. The van der Waals surface area contributed by atoms with Crippen LogP contribution in [0.1, 0.15) is 23.6 Å². The Morgan fingerprint density at radius 2 is 2.09 bits per heavy atom. The van der Waals surface area contributed by atoms with Gasteiger partial charge in [-0.25, -0.2) is 4.39 Å². The van der Waals surface area contributed by atoms with Crippen molar-refractivity contribution in [1.29, 1.82) is 0 Å². The number of pyridine rings is 1. The van der Waals surface area contributed by atoms with Crippen molar-refractivity contribution in [3.8, 4) is 0 Å². The molecule has 2 N–H and O–H groups in total. The molecule has 1 saturated carbocycles. The lowest BCUT2D eigenvalue weighted by Crippen LogP contribution is -2.40. The van der Waals surface area contributed by atoms with Gasteiger partial charge in [0.25, 0.3) is 0 Å². The molecule has 0 amide bonds. The van der Waals surface area contributed by atoms with Crippen LogP contribution in [0, 0.1) is 5.82 Å². The van der Waals surface area contributed by atoms with E-state index < -0.39 is 0 Å². The maximum absolute atomic E-state index is 13.8. The second-order valence-electron chi connectivity index (χ2n) is 5.68. The summed E-state index contributed by atoms with van der Waals surface area (Å²) in [6, 6.07) is 13.1. The van der Waals surface area contributed by atoms with Crippen LogP contribution in [0.15, 0.2) is 53.7 Å². The van der Waals surface area contributed by atoms with Gasteiger partial charge in [-0.1, -0.05) is 24.3 Å². The van der Waals surface area contributed by atoms with E-state index in [0.717, 1.165) is 36.6 Å². The van der Waals surface area contributed by atoms with Crippen molar-refractivity contribution in [3.63, 3.8) is 0 Å². The standard InChI is InChI=1S/C18H21FN4/c1-20-18(22-11-9-13-6-4-5-10-21-13)23-17-12-15(17)14-7-2-3-8-16(14)19/h2-8,10,15,17H,9,11-12H2,1H3,(H2,20,22,23). The summed E-state index contributed by atoms with van der Waals surface area (Å²) in [6.45, 7) is 0.758. The summed E-state index contributed by atoms with van der Waals surface area (Å²) in [5, 5.41) is 6.64. The molecule has 120 valence electrons. The Kier molecular flexibility index (Phi) is 4.86. The van der Waals surface area contributed by atoms with Gasteiger partial charge in [-0.2, -0.15) is 0 Å². The van der Waals surface area contributed by atoms with Crippen LogP contribution in [0.2, 0.25) is 0 Å². The van der Waals surface area contributed by atoms with Crippen LogP contribution in [0.5, 0.6) is 0 Å². The van der Waals surface area contributed by atoms with Crippen LogP contribution in [0.25, 0.3) is 0 Å². The van der Waals surface area contributed by atoms with E-state index >= 15 is 0 Å². The predicted molar refractivity (Wildman–Crippen MR) is 90.0 cm³/mol. The number of nitrogens with zero attached hydrogens (tertiary/aromatic N) is 2. The molecule has 0 spiro atoms. The highest BCUT2D eigenvalue weighted by Crippen LogP contribution is 2.41. The Morgan fingerprint density at radius 1 is 1.26 bits per heavy atom. The molecule has 2 aromatic rings. The van der Waals surface area contributed by atoms with Gasteiger partial charge in [0.2, 0.25) is 0 Å². The Morgan fingerprint density at radius 3 is 2.83 bits per heavy atom. The molecule has 3 rings (SSSR count). The molecule has 2 unspecified atom stereocenters. The first-order valence-corrected chi connectivity index (χ1v) is 7.89. The summed E-state index contributed by atoms with van der Waals surface area (Å²) >= 11 is 0. The average molecular weight is 312 g/mol. The third kappa shape index (κ3) is 4.06. The molecule has 0 radical (unpaired) electrons. The first kappa shape index (κ1) is 15.5. The molecule has 2 atom stereocenters. The van der Waals surface area contributed by atoms with E-state index in [1.165, 1.54) is 6.07 Å². The minimum Gasteiger partial charge on any atom is -0.356 e. The predicted octanol–water partition coefficient (Wildman–Crippen LogP) is 2.48. The molecule has 4 nitrogen and oxygen atoms in total. The van der Waals surface area contributed by atoms with Crippen molar-refractivity contribution in [2.24, 2.45) is 4.99 Å². The highest BCUT2D eigenvalue weighted by molar-refractivity contribution is 5.80. The molecular formula is C18H21FN4. The molecule has 23 heavy (non-hydrogen) atoms. The molecule has 0 saturated heterocycles. The fourth-order valence-corrected chi connectivity index (χ4v) is 2.70. The zero-order valence-electron chi connectivity index (χ0n) is 13.2. The van der Waals surface area contributed by atoms with Gasteiger partial charge in [0.15, 0.2) is 5.96 Å². The topological polar surface area (TPSA) is 49.3 Å².